The van der Waals surface area contributed by atoms with Gasteiger partial charge in [-0.2, -0.15) is 0 Å². The second-order valence-electron chi connectivity index (χ2n) is 6.65. The number of aryl methyl sites for hydroxylation is 1. The molecule has 0 aliphatic carbocycles. The number of rotatable bonds is 3. The van der Waals surface area contributed by atoms with Crippen LogP contribution in [-0.4, -0.2) is 23.6 Å². The third-order valence-electron chi connectivity index (χ3n) is 4.38. The molecule has 1 N–H and O–H groups in total. The Hall–Kier alpha value is -3.42. The first-order valence-electron chi connectivity index (χ1n) is 9.21. The lowest BCUT2D eigenvalue weighted by molar-refractivity contribution is -0.466. The maximum absolute atomic E-state index is 9.75. The Morgan fingerprint density at radius 1 is 0.800 bits per heavy atom. The van der Waals surface area contributed by atoms with Crippen molar-refractivity contribution in [3.8, 4) is 0 Å². The van der Waals surface area contributed by atoms with Crippen molar-refractivity contribution in [3.63, 3.8) is 0 Å². The summed E-state index contributed by atoms with van der Waals surface area (Å²) < 4.78 is 47.0. The third kappa shape index (κ3) is 5.34. The van der Waals surface area contributed by atoms with Crippen LogP contribution in [0, 0.1) is 12.3 Å². The zero-order chi connectivity index (χ0) is 21.7. The molecule has 0 amide bonds. The van der Waals surface area contributed by atoms with Crippen LogP contribution in [0.5, 0.6) is 0 Å². The van der Waals surface area contributed by atoms with E-state index >= 15 is 0 Å². The molecule has 0 aromatic heterocycles. The average Bonchev–Trinajstić information content (AvgIpc) is 3.06. The molecule has 8 heteroatoms. The highest BCUT2D eigenvalue weighted by molar-refractivity contribution is 6.50. The minimum Gasteiger partial charge on any atom is -0.418 e. The predicted octanol–water partition coefficient (Wildman–Crippen LogP) is 6.13. The summed E-state index contributed by atoms with van der Waals surface area (Å²) in [5, 5.41) is 8.46. The van der Waals surface area contributed by atoms with E-state index in [1.54, 1.807) is 0 Å². The second-order valence-corrected chi connectivity index (χ2v) is 6.65. The van der Waals surface area contributed by atoms with Gasteiger partial charge in [-0.3, -0.25) is 5.41 Å². The van der Waals surface area contributed by atoms with Gasteiger partial charge in [0.2, 0.25) is 5.69 Å². The minimum absolute atomic E-state index is 0.241. The van der Waals surface area contributed by atoms with Crippen LogP contribution in [0.1, 0.15) is 22.7 Å². The van der Waals surface area contributed by atoms with Crippen molar-refractivity contribution in [2.45, 2.75) is 13.0 Å². The van der Waals surface area contributed by atoms with Crippen LogP contribution in [0.25, 0.3) is 0 Å². The van der Waals surface area contributed by atoms with Crippen molar-refractivity contribution in [2.24, 2.45) is 0 Å². The van der Waals surface area contributed by atoms with Crippen molar-refractivity contribution >= 4 is 24.7 Å². The van der Waals surface area contributed by atoms with Gasteiger partial charge in [-0.25, -0.2) is 0 Å². The standard InChI is InChI=1S/C22H19N2O.BF4/c1-16-12-14-19(15-13-16)24-20(17-8-4-2-5-9-17)21(23)25-22(24)18-10-6-3-7-11-18;2-1(3,4)5/h2-15,20,23H,1H3;/q+1;-1. The van der Waals surface area contributed by atoms with Crippen LogP contribution < -0.4 is 0 Å². The van der Waals surface area contributed by atoms with Crippen molar-refractivity contribution < 1.29 is 26.6 Å². The summed E-state index contributed by atoms with van der Waals surface area (Å²) in [6.07, 6.45) is 0. The number of ether oxygens (including phenoxy) is 1. The third-order valence-corrected chi connectivity index (χ3v) is 4.38. The number of hydrogen-bond acceptors (Lipinski definition) is 2. The quantitative estimate of drug-likeness (QED) is 0.312. The molecular formula is C22H19BF4N2O. The first-order chi connectivity index (χ1) is 14.2. The topological polar surface area (TPSA) is 36.1 Å². The largest absolute Gasteiger partial charge is 0.673 e. The van der Waals surface area contributed by atoms with Crippen LogP contribution in [0.15, 0.2) is 84.9 Å². The molecule has 30 heavy (non-hydrogen) atoms. The van der Waals surface area contributed by atoms with E-state index in [1.807, 2.05) is 60.7 Å². The molecule has 3 nitrogen and oxygen atoms in total. The van der Waals surface area contributed by atoms with Gasteiger partial charge in [-0.1, -0.05) is 66.2 Å². The molecule has 0 bridgehead atoms. The molecule has 1 unspecified atom stereocenters. The fourth-order valence-corrected chi connectivity index (χ4v) is 3.13. The van der Waals surface area contributed by atoms with E-state index in [9.17, 15) is 17.3 Å². The molecule has 3 aromatic rings. The van der Waals surface area contributed by atoms with Crippen molar-refractivity contribution in [3.05, 3.63) is 102 Å². The lowest BCUT2D eigenvalue weighted by atomic mass is 10.1. The molecule has 1 aliphatic rings. The normalized spacial score (nSPS) is 16.0. The van der Waals surface area contributed by atoms with Gasteiger partial charge in [-0.15, -0.1) is 4.58 Å². The molecule has 1 aliphatic heterocycles. The first kappa shape index (κ1) is 21.3. The van der Waals surface area contributed by atoms with Crippen LogP contribution >= 0.6 is 0 Å². The molecule has 0 radical (unpaired) electrons. The summed E-state index contributed by atoms with van der Waals surface area (Å²) in [5.74, 6) is 0.939. The summed E-state index contributed by atoms with van der Waals surface area (Å²) in [4.78, 5) is 0. The number of hydrogen-bond donors (Lipinski definition) is 1. The van der Waals surface area contributed by atoms with Gasteiger partial charge < -0.3 is 22.0 Å². The second kappa shape index (κ2) is 8.94. The van der Waals surface area contributed by atoms with E-state index in [1.165, 1.54) is 5.56 Å². The van der Waals surface area contributed by atoms with Gasteiger partial charge in [-0.05, 0) is 19.1 Å². The molecule has 0 fully saturated rings. The van der Waals surface area contributed by atoms with Crippen molar-refractivity contribution in [1.82, 2.24) is 0 Å². The molecule has 154 valence electrons. The summed E-state index contributed by atoms with van der Waals surface area (Å²) in [6.45, 7) is 2.07. The maximum atomic E-state index is 9.75. The number of nitrogens with one attached hydrogen (secondary N) is 1. The summed E-state index contributed by atoms with van der Waals surface area (Å²) in [7, 11) is -6.00. The van der Waals surface area contributed by atoms with Gasteiger partial charge in [0.1, 0.15) is 0 Å². The highest BCUT2D eigenvalue weighted by atomic mass is 19.5. The number of benzene rings is 3. The van der Waals surface area contributed by atoms with Gasteiger partial charge in [0, 0.05) is 17.7 Å². The zero-order valence-corrected chi connectivity index (χ0v) is 16.1. The Labute approximate surface area is 171 Å². The smallest absolute Gasteiger partial charge is 0.418 e. The van der Waals surface area contributed by atoms with Gasteiger partial charge in [0.15, 0.2) is 0 Å². The summed E-state index contributed by atoms with van der Waals surface area (Å²) in [5.41, 5.74) is 4.22. The fraction of sp³-hybridized carbons (Fsp3) is 0.0909. The van der Waals surface area contributed by atoms with Gasteiger partial charge in [0.05, 0.1) is 5.56 Å². The van der Waals surface area contributed by atoms with E-state index in [2.05, 4.69) is 35.8 Å². The van der Waals surface area contributed by atoms with E-state index in [4.69, 9.17) is 10.1 Å². The van der Waals surface area contributed by atoms with E-state index in [0.29, 0.717) is 5.90 Å². The molecule has 4 rings (SSSR count). The maximum Gasteiger partial charge on any atom is 0.673 e. The number of nitrogens with zero attached hydrogens (tertiary/aromatic N) is 1. The summed E-state index contributed by atoms with van der Waals surface area (Å²) >= 11 is 0. The van der Waals surface area contributed by atoms with Crippen LogP contribution in [-0.2, 0) is 4.74 Å². The highest BCUT2D eigenvalue weighted by Gasteiger charge is 2.43. The predicted molar refractivity (Wildman–Crippen MR) is 110 cm³/mol. The Balaban J connectivity index is 0.000000461. The fourth-order valence-electron chi connectivity index (χ4n) is 3.13. The first-order valence-corrected chi connectivity index (χ1v) is 9.21. The summed E-state index contributed by atoms with van der Waals surface area (Å²) in [6, 6.07) is 28.1. The van der Waals surface area contributed by atoms with Crippen LogP contribution in [0.2, 0.25) is 0 Å². The Morgan fingerprint density at radius 3 is 1.83 bits per heavy atom. The van der Waals surface area contributed by atoms with Crippen molar-refractivity contribution in [1.29, 1.82) is 5.41 Å². The lowest BCUT2D eigenvalue weighted by Crippen LogP contribution is -2.17. The SMILES string of the molecule is Cc1ccc([N+]2=C(c3ccccc3)OC(=N)C2c2ccccc2)cc1.F[B-](F)(F)F. The highest BCUT2D eigenvalue weighted by Crippen LogP contribution is 2.32. The van der Waals surface area contributed by atoms with E-state index in [-0.39, 0.29) is 11.9 Å². The lowest BCUT2D eigenvalue weighted by Gasteiger charge is -2.08. The van der Waals surface area contributed by atoms with Crippen LogP contribution in [0.4, 0.5) is 23.0 Å². The van der Waals surface area contributed by atoms with Gasteiger partial charge in [0.25, 0.3) is 11.9 Å². The Morgan fingerprint density at radius 2 is 1.30 bits per heavy atom. The monoisotopic (exact) mass is 414 g/mol. The molecule has 0 saturated carbocycles. The van der Waals surface area contributed by atoms with E-state index in [0.717, 1.165) is 16.8 Å². The molecule has 0 saturated heterocycles. The van der Waals surface area contributed by atoms with E-state index < -0.39 is 7.25 Å². The van der Waals surface area contributed by atoms with Crippen LogP contribution in [0.3, 0.4) is 0 Å². The molecule has 1 atom stereocenters. The Bertz CT molecular complexity index is 1030. The molecule has 1 heterocycles. The Kier molecular flexibility index (Phi) is 6.35. The van der Waals surface area contributed by atoms with Crippen molar-refractivity contribution in [2.75, 3.05) is 0 Å². The molecule has 0 spiro atoms. The average molecular weight is 414 g/mol. The zero-order valence-electron chi connectivity index (χ0n) is 16.1. The molecule has 3 aromatic carbocycles. The molecular weight excluding hydrogens is 395 g/mol. The minimum atomic E-state index is -6.00. The number of halogens is 4. The van der Waals surface area contributed by atoms with Gasteiger partial charge >= 0.3 is 13.2 Å².